The summed E-state index contributed by atoms with van der Waals surface area (Å²) in [7, 11) is 0. The van der Waals surface area contributed by atoms with Gasteiger partial charge in [-0.3, -0.25) is 0 Å². The maximum absolute atomic E-state index is 5.36. The Balaban J connectivity index is 2.30. The molecule has 0 aromatic carbocycles. The van der Waals surface area contributed by atoms with Crippen LogP contribution in [0.15, 0.2) is 4.47 Å². The molecule has 0 amide bonds. The van der Waals surface area contributed by atoms with Gasteiger partial charge in [0, 0.05) is 11.6 Å². The average molecular weight is 329 g/mol. The molecule has 0 aliphatic heterocycles. The molecular weight excluding hydrogens is 308 g/mol. The zero-order chi connectivity index (χ0) is 13.1. The maximum Gasteiger partial charge on any atom is 0.144 e. The molecule has 1 fully saturated rings. The molecule has 2 atom stereocenters. The summed E-state index contributed by atoms with van der Waals surface area (Å²) in [5.74, 6) is 2.49. The van der Waals surface area contributed by atoms with Crippen LogP contribution in [-0.4, -0.2) is 9.97 Å². The van der Waals surface area contributed by atoms with E-state index in [9.17, 15) is 0 Å². The summed E-state index contributed by atoms with van der Waals surface area (Å²) in [6.07, 6.45) is 7.31. The first-order valence-electron chi connectivity index (χ1n) is 6.90. The lowest BCUT2D eigenvalue weighted by Gasteiger charge is -2.26. The van der Waals surface area contributed by atoms with Crippen LogP contribution in [0, 0.1) is 10.6 Å². The lowest BCUT2D eigenvalue weighted by atomic mass is 9.82. The van der Waals surface area contributed by atoms with Gasteiger partial charge in [0.25, 0.3) is 0 Å². The molecule has 18 heavy (non-hydrogen) atoms. The predicted octanol–water partition coefficient (Wildman–Crippen LogP) is 5.15. The highest BCUT2D eigenvalue weighted by Gasteiger charge is 2.22. The van der Waals surface area contributed by atoms with Crippen molar-refractivity contribution in [1.82, 2.24) is 9.97 Å². The Bertz CT molecular complexity index is 469. The Labute approximate surface area is 123 Å². The summed E-state index contributed by atoms with van der Waals surface area (Å²) in [4.78, 5) is 8.11. The molecule has 2 unspecified atom stereocenters. The zero-order valence-corrected chi connectivity index (χ0v) is 13.5. The highest BCUT2D eigenvalue weighted by molar-refractivity contribution is 9.10. The van der Waals surface area contributed by atoms with E-state index in [0.29, 0.717) is 10.6 Å². The summed E-state index contributed by atoms with van der Waals surface area (Å²) < 4.78 is 1.69. The summed E-state index contributed by atoms with van der Waals surface area (Å²) >= 11 is 8.92. The number of aryl methyl sites for hydroxylation is 1. The third kappa shape index (κ3) is 3.21. The van der Waals surface area contributed by atoms with Gasteiger partial charge in [0.1, 0.15) is 10.5 Å². The van der Waals surface area contributed by atoms with E-state index in [1.54, 1.807) is 0 Å². The SMILES string of the molecule is CCCc1[nH]c(C2CCCC(C)C2)nc(=S)c1Br. The fourth-order valence-corrected chi connectivity index (χ4v) is 3.43. The van der Waals surface area contributed by atoms with E-state index in [1.807, 2.05) is 0 Å². The Hall–Kier alpha value is -0.220. The fraction of sp³-hybridized carbons (Fsp3) is 0.714. The van der Waals surface area contributed by atoms with Crippen LogP contribution in [0.5, 0.6) is 0 Å². The van der Waals surface area contributed by atoms with E-state index in [1.165, 1.54) is 31.4 Å². The third-order valence-electron chi connectivity index (χ3n) is 3.78. The second-order valence-electron chi connectivity index (χ2n) is 5.44. The molecule has 1 aliphatic rings. The topological polar surface area (TPSA) is 28.7 Å². The average Bonchev–Trinajstić information content (AvgIpc) is 2.35. The second-order valence-corrected chi connectivity index (χ2v) is 6.62. The first kappa shape index (κ1) is 14.2. The van der Waals surface area contributed by atoms with Crippen molar-refractivity contribution in [2.45, 2.75) is 58.3 Å². The van der Waals surface area contributed by atoms with Crippen molar-refractivity contribution in [3.63, 3.8) is 0 Å². The number of nitrogens with zero attached hydrogens (tertiary/aromatic N) is 1. The van der Waals surface area contributed by atoms with Gasteiger partial charge in [0.05, 0.1) is 4.47 Å². The molecule has 1 aromatic rings. The van der Waals surface area contributed by atoms with Crippen LogP contribution < -0.4 is 0 Å². The molecular formula is C14H21BrN2S. The first-order valence-corrected chi connectivity index (χ1v) is 8.10. The van der Waals surface area contributed by atoms with Crippen molar-refractivity contribution in [3.8, 4) is 0 Å². The van der Waals surface area contributed by atoms with Crippen LogP contribution in [0.4, 0.5) is 0 Å². The monoisotopic (exact) mass is 328 g/mol. The number of nitrogens with one attached hydrogen (secondary N) is 1. The number of halogens is 1. The number of rotatable bonds is 3. The molecule has 1 heterocycles. The summed E-state index contributed by atoms with van der Waals surface area (Å²) in [6.45, 7) is 4.53. The largest absolute Gasteiger partial charge is 0.346 e. The summed E-state index contributed by atoms with van der Waals surface area (Å²) in [5.41, 5.74) is 1.21. The van der Waals surface area contributed by atoms with E-state index in [-0.39, 0.29) is 0 Å². The van der Waals surface area contributed by atoms with Crippen LogP contribution in [0.1, 0.15) is 63.4 Å². The highest BCUT2D eigenvalue weighted by atomic mass is 79.9. The summed E-state index contributed by atoms with van der Waals surface area (Å²) in [5, 5.41) is 0. The van der Waals surface area contributed by atoms with Gasteiger partial charge in [0.2, 0.25) is 0 Å². The third-order valence-corrected chi connectivity index (χ3v) is 5.19. The molecule has 4 heteroatoms. The van der Waals surface area contributed by atoms with Crippen molar-refractivity contribution in [3.05, 3.63) is 20.6 Å². The minimum atomic E-state index is 0.569. The standard InChI is InChI=1S/C14H21BrN2S/c1-3-5-11-12(15)14(18)17-13(16-11)10-7-4-6-9(2)8-10/h9-10H,3-8H2,1-2H3,(H,16,17,18). The predicted molar refractivity (Wildman–Crippen MR) is 81.5 cm³/mol. The number of hydrogen-bond donors (Lipinski definition) is 1. The Morgan fingerprint density at radius 1 is 1.44 bits per heavy atom. The van der Waals surface area contributed by atoms with Gasteiger partial charge in [0.15, 0.2) is 0 Å². The Morgan fingerprint density at radius 3 is 2.89 bits per heavy atom. The number of hydrogen-bond acceptors (Lipinski definition) is 2. The smallest absolute Gasteiger partial charge is 0.144 e. The van der Waals surface area contributed by atoms with E-state index >= 15 is 0 Å². The van der Waals surface area contributed by atoms with Crippen molar-refractivity contribution in [2.24, 2.45) is 5.92 Å². The van der Waals surface area contributed by atoms with Gasteiger partial charge >= 0.3 is 0 Å². The quantitative estimate of drug-likeness (QED) is 0.777. The second kappa shape index (κ2) is 6.29. The molecule has 1 aliphatic carbocycles. The molecule has 0 saturated heterocycles. The molecule has 2 rings (SSSR count). The van der Waals surface area contributed by atoms with Crippen LogP contribution in [0.2, 0.25) is 0 Å². The molecule has 100 valence electrons. The van der Waals surface area contributed by atoms with Crippen LogP contribution in [-0.2, 0) is 6.42 Å². The van der Waals surface area contributed by atoms with Crippen molar-refractivity contribution >= 4 is 28.1 Å². The number of H-pyrrole nitrogens is 1. The van der Waals surface area contributed by atoms with Crippen molar-refractivity contribution < 1.29 is 0 Å². The van der Waals surface area contributed by atoms with Gasteiger partial charge < -0.3 is 4.98 Å². The van der Waals surface area contributed by atoms with E-state index in [0.717, 1.165) is 29.1 Å². The number of aromatic nitrogens is 2. The minimum Gasteiger partial charge on any atom is -0.346 e. The Morgan fingerprint density at radius 2 is 2.22 bits per heavy atom. The normalized spacial score (nSPS) is 24.2. The maximum atomic E-state index is 5.36. The van der Waals surface area contributed by atoms with Gasteiger partial charge in [-0.2, -0.15) is 0 Å². The van der Waals surface area contributed by atoms with Crippen LogP contribution >= 0.6 is 28.1 Å². The molecule has 0 radical (unpaired) electrons. The van der Waals surface area contributed by atoms with E-state index in [4.69, 9.17) is 12.2 Å². The lowest BCUT2D eigenvalue weighted by Crippen LogP contribution is -2.15. The lowest BCUT2D eigenvalue weighted by molar-refractivity contribution is 0.334. The van der Waals surface area contributed by atoms with Crippen LogP contribution in [0.3, 0.4) is 0 Å². The van der Waals surface area contributed by atoms with Crippen LogP contribution in [0.25, 0.3) is 0 Å². The minimum absolute atomic E-state index is 0.569. The van der Waals surface area contributed by atoms with Gasteiger partial charge in [-0.05, 0) is 41.1 Å². The van der Waals surface area contributed by atoms with Gasteiger partial charge in [-0.1, -0.05) is 45.3 Å². The number of aromatic amines is 1. The van der Waals surface area contributed by atoms with E-state index in [2.05, 4.69) is 39.7 Å². The first-order chi connectivity index (χ1) is 8.61. The van der Waals surface area contributed by atoms with Gasteiger partial charge in [-0.25, -0.2) is 4.98 Å². The molecule has 1 saturated carbocycles. The van der Waals surface area contributed by atoms with E-state index < -0.39 is 0 Å². The highest BCUT2D eigenvalue weighted by Crippen LogP contribution is 2.35. The molecule has 1 N–H and O–H groups in total. The molecule has 0 spiro atoms. The molecule has 2 nitrogen and oxygen atoms in total. The van der Waals surface area contributed by atoms with Gasteiger partial charge in [-0.15, -0.1) is 0 Å². The fourth-order valence-electron chi connectivity index (χ4n) is 2.82. The zero-order valence-electron chi connectivity index (χ0n) is 11.1. The molecule has 0 bridgehead atoms. The van der Waals surface area contributed by atoms with Crippen molar-refractivity contribution in [1.29, 1.82) is 0 Å². The Kier molecular flexibility index (Phi) is 4.96. The van der Waals surface area contributed by atoms with Crippen molar-refractivity contribution in [2.75, 3.05) is 0 Å². The molecule has 1 aromatic heterocycles. The summed E-state index contributed by atoms with van der Waals surface area (Å²) in [6, 6.07) is 0.